The summed E-state index contributed by atoms with van der Waals surface area (Å²) in [6, 6.07) is 0. The number of hydrogen-bond donors (Lipinski definition) is 0. The second-order valence-electron chi connectivity index (χ2n) is 2.72. The van der Waals surface area contributed by atoms with Crippen LogP contribution in [-0.2, 0) is 33.1 Å². The summed E-state index contributed by atoms with van der Waals surface area (Å²) < 4.78 is 16.3. The molecule has 0 radical (unpaired) electrons. The van der Waals surface area contributed by atoms with Gasteiger partial charge in [0.2, 0.25) is 0 Å². The molecule has 0 saturated heterocycles. The summed E-state index contributed by atoms with van der Waals surface area (Å²) in [7, 11) is 0. The molecule has 0 aliphatic heterocycles. The van der Waals surface area contributed by atoms with Gasteiger partial charge in [-0.15, -0.1) is 0 Å². The van der Waals surface area contributed by atoms with E-state index in [1.165, 1.54) is 0 Å². The van der Waals surface area contributed by atoms with Crippen LogP contribution >= 0.6 is 4.19 Å². The van der Waals surface area contributed by atoms with E-state index in [1.807, 2.05) is 0 Å². The van der Waals surface area contributed by atoms with Crippen LogP contribution in [0.3, 0.4) is 0 Å². The van der Waals surface area contributed by atoms with Crippen LogP contribution in [0.2, 0.25) is 0 Å². The van der Waals surface area contributed by atoms with E-state index < -0.39 is 34.0 Å². The molecular weight excluding hydrogens is 581 g/mol. The van der Waals surface area contributed by atoms with Crippen molar-refractivity contribution in [1.29, 1.82) is 0 Å². The molecule has 0 atom stereocenters. The Hall–Kier alpha value is -1.70. The molecule has 0 aromatic heterocycles. The van der Waals surface area contributed by atoms with E-state index in [4.69, 9.17) is 58.6 Å². The average Bonchev–Trinajstić information content (AvgIpc) is 2.08. The zero-order chi connectivity index (χ0) is 21.5. The van der Waals surface area contributed by atoms with E-state index in [-0.39, 0.29) is 28.8 Å². The van der Waals surface area contributed by atoms with Gasteiger partial charge >= 0.3 is 42.1 Å². The van der Waals surface area contributed by atoms with E-state index in [1.54, 1.807) is 0 Å². The zero-order valence-corrected chi connectivity index (χ0v) is 18.4. The number of carboxylic acid groups (broad SMARTS) is 5. The molecule has 0 spiro atoms. The molecule has 0 aliphatic rings. The van der Waals surface area contributed by atoms with Crippen LogP contribution in [0, 0.1) is 28.8 Å². The zero-order valence-electron chi connectivity index (χ0n) is 13.3. The van der Waals surface area contributed by atoms with Crippen molar-refractivity contribution in [3.63, 3.8) is 0 Å². The quantitative estimate of drug-likeness (QED) is 0.238. The van der Waals surface area contributed by atoms with Gasteiger partial charge in [0.15, 0.2) is 0 Å². The van der Waals surface area contributed by atoms with Gasteiger partial charge in [-0.3, -0.25) is 0 Å². The number of carbonyl (C=O) groups is 5. The second kappa shape index (κ2) is 33.0. The van der Waals surface area contributed by atoms with E-state index in [0.717, 1.165) is 34.6 Å². The monoisotopic (exact) mass is 596 g/mol. The first kappa shape index (κ1) is 38.1. The Morgan fingerprint density at radius 1 is 0.542 bits per heavy atom. The Balaban J connectivity index is -0.0000000405. The fourth-order valence-electron chi connectivity index (χ4n) is 0. The van der Waals surface area contributed by atoms with Crippen molar-refractivity contribution in [3.8, 4) is 0 Å². The first-order valence-electron chi connectivity index (χ1n) is 5.13. The molecule has 0 fully saturated rings. The number of carboxylic acids is 5. The molecule has 0 rings (SSSR count). The summed E-state index contributed by atoms with van der Waals surface area (Å²) in [6.45, 7) is 4.86. The molecule has 0 unspecified atom stereocenters. The van der Waals surface area contributed by atoms with Crippen molar-refractivity contribution in [1.82, 2.24) is 0 Å². The van der Waals surface area contributed by atoms with Crippen molar-refractivity contribution < 1.29 is 87.4 Å². The summed E-state index contributed by atoms with van der Waals surface area (Å²) in [5, 5.41) is 44.4. The average molecular weight is 596 g/mol. The third-order valence-electron chi connectivity index (χ3n) is 0. The SMILES string of the molecule is CC(=O)[O-].CC(=O)[O-].CC(=O)[O-].CC(=O)[O-].CC(=O)[O-].O=[P](=O)[U+5]. The van der Waals surface area contributed by atoms with Crippen molar-refractivity contribution in [3.05, 3.63) is 0 Å². The van der Waals surface area contributed by atoms with Crippen LogP contribution in [0.5, 0.6) is 0 Å². The van der Waals surface area contributed by atoms with E-state index >= 15 is 0 Å². The number of aliphatic carboxylic acids is 5. The Bertz CT molecular complexity index is 332. The molecule has 0 aromatic rings. The van der Waals surface area contributed by atoms with Gasteiger partial charge in [0, 0.05) is 29.8 Å². The van der Waals surface area contributed by atoms with Crippen LogP contribution in [0.25, 0.3) is 0 Å². The van der Waals surface area contributed by atoms with Crippen molar-refractivity contribution in [2.75, 3.05) is 0 Å². The van der Waals surface area contributed by atoms with Crippen LogP contribution in [-0.4, -0.2) is 29.8 Å². The van der Waals surface area contributed by atoms with Gasteiger partial charge in [0.25, 0.3) is 0 Å². The van der Waals surface area contributed by atoms with E-state index in [2.05, 4.69) is 0 Å². The summed E-state index contributed by atoms with van der Waals surface area (Å²) in [5.41, 5.74) is 0. The van der Waals surface area contributed by atoms with E-state index in [0.29, 0.717) is 0 Å². The minimum atomic E-state index is -1.95. The topological polar surface area (TPSA) is 235 Å². The number of carbonyl (C=O) groups excluding carboxylic acids is 5. The molecule has 24 heavy (non-hydrogen) atoms. The second-order valence-corrected chi connectivity index (χ2v) is 7.79. The molecule has 0 aromatic carbocycles. The first-order chi connectivity index (χ1) is 10.4. The molecule has 0 heterocycles. The maximum atomic E-state index is 9.11. The third kappa shape index (κ3) is 2620. The summed E-state index contributed by atoms with van der Waals surface area (Å²) in [6.07, 6.45) is 0. The van der Waals surface area contributed by atoms with Crippen LogP contribution in [0.15, 0.2) is 0 Å². The van der Waals surface area contributed by atoms with Gasteiger partial charge in [0.1, 0.15) is 0 Å². The van der Waals surface area contributed by atoms with Crippen molar-refractivity contribution >= 4 is 34.0 Å². The molecule has 12 nitrogen and oxygen atoms in total. The number of rotatable bonds is 0. The number of hydrogen-bond acceptors (Lipinski definition) is 12. The minimum absolute atomic E-state index is 0.129. The Morgan fingerprint density at radius 3 is 0.542 bits per heavy atom. The van der Waals surface area contributed by atoms with Gasteiger partial charge < -0.3 is 49.5 Å². The Labute approximate surface area is 156 Å². The van der Waals surface area contributed by atoms with Gasteiger partial charge in [-0.05, 0) is 34.6 Å². The van der Waals surface area contributed by atoms with E-state index in [9.17, 15) is 0 Å². The molecule has 14 heteroatoms. The van der Waals surface area contributed by atoms with Crippen LogP contribution in [0.4, 0.5) is 0 Å². The van der Waals surface area contributed by atoms with Crippen LogP contribution in [0.1, 0.15) is 34.6 Å². The molecule has 0 saturated carbocycles. The third-order valence-corrected chi connectivity index (χ3v) is 0. The predicted octanol–water partition coefficient (Wildman–Crippen LogP) is -5.60. The summed E-state index contributed by atoms with van der Waals surface area (Å²) >= 11 is 0.129. The molecule has 136 valence electrons. The normalized spacial score (nSPS) is 6.29. The van der Waals surface area contributed by atoms with Crippen molar-refractivity contribution in [2.24, 2.45) is 0 Å². The van der Waals surface area contributed by atoms with Gasteiger partial charge in [0.05, 0.1) is 0 Å². The summed E-state index contributed by atoms with van der Waals surface area (Å²) in [5.74, 6) is -5.42. The molecule has 0 aliphatic carbocycles. The Morgan fingerprint density at radius 2 is 0.542 bits per heavy atom. The molecule has 0 amide bonds. The molecule has 0 N–H and O–H groups in total. The van der Waals surface area contributed by atoms with Gasteiger partial charge in [-0.1, -0.05) is 0 Å². The van der Waals surface area contributed by atoms with Gasteiger partial charge in [-0.2, -0.15) is 0 Å². The summed E-state index contributed by atoms with van der Waals surface area (Å²) in [4.78, 5) is 44.4. The fraction of sp³-hybridized carbons (Fsp3) is 0.500. The molecular formula is C10H15O12PU. The standard InChI is InChI=1S/5C2H4O2.O2P.U/c5*1-2(3)4;1-3-2;/h5*1H3,(H,3,4);;/q;;;;;;+5/p-5. The molecule has 0 bridgehead atoms. The predicted molar refractivity (Wildman–Crippen MR) is 61.7 cm³/mol. The Kier molecular flexibility index (Phi) is 52.4. The van der Waals surface area contributed by atoms with Crippen molar-refractivity contribution in [2.45, 2.75) is 34.6 Å². The first-order valence-corrected chi connectivity index (χ1v) is 11.9. The fourth-order valence-corrected chi connectivity index (χ4v) is 0. The van der Waals surface area contributed by atoms with Crippen LogP contribution < -0.4 is 25.5 Å². The maximum absolute atomic E-state index is 9.11. The van der Waals surface area contributed by atoms with Gasteiger partial charge in [-0.25, -0.2) is 0 Å².